The molecule has 0 aliphatic carbocycles. The lowest BCUT2D eigenvalue weighted by molar-refractivity contribution is 0.159. The molecular weight excluding hydrogens is 269 g/mol. The minimum atomic E-state index is -0.773. The lowest BCUT2D eigenvalue weighted by atomic mass is 10.2. The number of rotatable bonds is 4. The van der Waals surface area contributed by atoms with Crippen LogP contribution in [0.4, 0.5) is 10.1 Å². The van der Waals surface area contributed by atoms with Gasteiger partial charge in [0.05, 0.1) is 6.54 Å². The predicted molar refractivity (Wildman–Crippen MR) is 80.8 cm³/mol. The van der Waals surface area contributed by atoms with Crippen molar-refractivity contribution in [2.45, 2.75) is 6.10 Å². The van der Waals surface area contributed by atoms with Gasteiger partial charge in [-0.05, 0) is 30.3 Å². The van der Waals surface area contributed by atoms with Crippen molar-refractivity contribution in [3.8, 4) is 0 Å². The highest BCUT2D eigenvalue weighted by molar-refractivity contribution is 5.77. The monoisotopic (exact) mass is 285 g/mol. The molecule has 0 bridgehead atoms. The van der Waals surface area contributed by atoms with Crippen molar-refractivity contribution >= 4 is 16.7 Å². The van der Waals surface area contributed by atoms with Gasteiger partial charge in [-0.3, -0.25) is 0 Å². The number of fused-ring (bicyclic) bond motifs is 1. The molecule has 0 fully saturated rings. The van der Waals surface area contributed by atoms with Crippen molar-refractivity contribution in [3.05, 3.63) is 66.2 Å². The average Bonchev–Trinajstić information content (AvgIpc) is 2.91. The molecule has 3 nitrogen and oxygen atoms in total. The predicted octanol–water partition coefficient (Wildman–Crippen LogP) is 3.74. The minimum absolute atomic E-state index is 0.294. The number of furan rings is 1. The molecular formula is C17H16FNO2. The summed E-state index contributed by atoms with van der Waals surface area (Å²) in [6, 6.07) is 15.7. The quantitative estimate of drug-likeness (QED) is 0.793. The summed E-state index contributed by atoms with van der Waals surface area (Å²) in [4.78, 5) is 1.79. The van der Waals surface area contributed by atoms with Gasteiger partial charge in [-0.2, -0.15) is 0 Å². The van der Waals surface area contributed by atoms with Crippen LogP contribution in [-0.4, -0.2) is 18.7 Å². The van der Waals surface area contributed by atoms with Gasteiger partial charge < -0.3 is 14.4 Å². The normalized spacial score (nSPS) is 12.5. The number of anilines is 1. The maximum atomic E-state index is 13.2. The average molecular weight is 285 g/mol. The summed E-state index contributed by atoms with van der Waals surface area (Å²) in [5.41, 5.74) is 1.46. The van der Waals surface area contributed by atoms with E-state index in [0.29, 0.717) is 18.0 Å². The molecule has 1 unspecified atom stereocenters. The zero-order valence-electron chi connectivity index (χ0n) is 11.7. The van der Waals surface area contributed by atoms with Crippen LogP contribution in [0, 0.1) is 5.82 Å². The summed E-state index contributed by atoms with van der Waals surface area (Å²) in [7, 11) is 1.81. The SMILES string of the molecule is CN(CC(O)c1cc2ccccc2o1)c1cccc(F)c1. The number of likely N-dealkylation sites (N-methyl/N-ethyl adjacent to an activating group) is 1. The van der Waals surface area contributed by atoms with Gasteiger partial charge in [0.1, 0.15) is 23.3 Å². The smallest absolute Gasteiger partial charge is 0.135 e. The fraction of sp³-hybridized carbons (Fsp3) is 0.176. The Labute approximate surface area is 122 Å². The Morgan fingerprint density at radius 3 is 2.71 bits per heavy atom. The van der Waals surface area contributed by atoms with E-state index in [0.717, 1.165) is 11.0 Å². The van der Waals surface area contributed by atoms with Crippen LogP contribution in [-0.2, 0) is 0 Å². The molecule has 0 aliphatic heterocycles. The molecule has 0 saturated heterocycles. The minimum Gasteiger partial charge on any atom is -0.458 e. The number of benzene rings is 2. The molecule has 1 heterocycles. The molecule has 1 aromatic heterocycles. The molecule has 4 heteroatoms. The fourth-order valence-corrected chi connectivity index (χ4v) is 2.33. The molecule has 1 atom stereocenters. The van der Waals surface area contributed by atoms with Crippen LogP contribution in [0.2, 0.25) is 0 Å². The van der Waals surface area contributed by atoms with E-state index in [9.17, 15) is 9.50 Å². The highest BCUT2D eigenvalue weighted by Gasteiger charge is 2.16. The highest BCUT2D eigenvalue weighted by Crippen LogP contribution is 2.25. The van der Waals surface area contributed by atoms with Crippen LogP contribution in [0.1, 0.15) is 11.9 Å². The third-order valence-corrected chi connectivity index (χ3v) is 3.47. The van der Waals surface area contributed by atoms with Crippen LogP contribution < -0.4 is 4.90 Å². The van der Waals surface area contributed by atoms with Gasteiger partial charge in [0.2, 0.25) is 0 Å². The maximum Gasteiger partial charge on any atom is 0.135 e. The molecule has 3 rings (SSSR count). The van der Waals surface area contributed by atoms with Crippen LogP contribution in [0.5, 0.6) is 0 Å². The van der Waals surface area contributed by atoms with Crippen molar-refractivity contribution in [2.24, 2.45) is 0 Å². The topological polar surface area (TPSA) is 36.6 Å². The number of hydrogen-bond donors (Lipinski definition) is 1. The fourth-order valence-electron chi connectivity index (χ4n) is 2.33. The Morgan fingerprint density at radius 1 is 1.14 bits per heavy atom. The van der Waals surface area contributed by atoms with E-state index >= 15 is 0 Å². The van der Waals surface area contributed by atoms with Crippen molar-refractivity contribution in [1.82, 2.24) is 0 Å². The second kappa shape index (κ2) is 5.58. The first-order valence-corrected chi connectivity index (χ1v) is 6.77. The largest absolute Gasteiger partial charge is 0.458 e. The summed E-state index contributed by atoms with van der Waals surface area (Å²) in [5.74, 6) is 0.219. The molecule has 0 amide bonds. The lowest BCUT2D eigenvalue weighted by Crippen LogP contribution is -2.23. The summed E-state index contributed by atoms with van der Waals surface area (Å²) < 4.78 is 18.9. The highest BCUT2D eigenvalue weighted by atomic mass is 19.1. The van der Waals surface area contributed by atoms with Crippen molar-refractivity contribution < 1.29 is 13.9 Å². The van der Waals surface area contributed by atoms with Gasteiger partial charge in [0.15, 0.2) is 0 Å². The zero-order valence-corrected chi connectivity index (χ0v) is 11.7. The van der Waals surface area contributed by atoms with Crippen molar-refractivity contribution in [3.63, 3.8) is 0 Å². The number of nitrogens with zero attached hydrogens (tertiary/aromatic N) is 1. The summed E-state index contributed by atoms with van der Waals surface area (Å²) in [5, 5.41) is 11.3. The van der Waals surface area contributed by atoms with E-state index in [1.807, 2.05) is 30.3 Å². The van der Waals surface area contributed by atoms with Crippen LogP contribution >= 0.6 is 0 Å². The third-order valence-electron chi connectivity index (χ3n) is 3.47. The van der Waals surface area contributed by atoms with E-state index in [1.165, 1.54) is 12.1 Å². The Balaban J connectivity index is 1.77. The molecule has 1 N–H and O–H groups in total. The maximum absolute atomic E-state index is 13.2. The summed E-state index contributed by atoms with van der Waals surface area (Å²) >= 11 is 0. The third kappa shape index (κ3) is 2.90. The van der Waals surface area contributed by atoms with E-state index in [-0.39, 0.29) is 5.82 Å². The van der Waals surface area contributed by atoms with Gasteiger partial charge in [0, 0.05) is 18.1 Å². The number of aliphatic hydroxyl groups excluding tert-OH is 1. The second-order valence-electron chi connectivity index (χ2n) is 5.06. The molecule has 21 heavy (non-hydrogen) atoms. The number of hydrogen-bond acceptors (Lipinski definition) is 3. The van der Waals surface area contributed by atoms with Crippen LogP contribution in [0.25, 0.3) is 11.0 Å². The number of aliphatic hydroxyl groups is 1. The summed E-state index contributed by atoms with van der Waals surface area (Å²) in [6.45, 7) is 0.323. The van der Waals surface area contributed by atoms with E-state index in [1.54, 1.807) is 24.1 Å². The molecule has 108 valence electrons. The first-order chi connectivity index (χ1) is 10.1. The lowest BCUT2D eigenvalue weighted by Gasteiger charge is -2.21. The number of halogens is 1. The van der Waals surface area contributed by atoms with Crippen molar-refractivity contribution in [1.29, 1.82) is 0 Å². The van der Waals surface area contributed by atoms with Gasteiger partial charge in [0.25, 0.3) is 0 Å². The Kier molecular flexibility index (Phi) is 3.62. The van der Waals surface area contributed by atoms with E-state index in [2.05, 4.69) is 0 Å². The van der Waals surface area contributed by atoms with Crippen molar-refractivity contribution in [2.75, 3.05) is 18.5 Å². The van der Waals surface area contributed by atoms with Crippen LogP contribution in [0.3, 0.4) is 0 Å². The number of para-hydroxylation sites is 1. The first-order valence-electron chi connectivity index (χ1n) is 6.77. The Morgan fingerprint density at radius 2 is 1.95 bits per heavy atom. The Bertz CT molecular complexity index is 720. The molecule has 0 radical (unpaired) electrons. The van der Waals surface area contributed by atoms with Gasteiger partial charge >= 0.3 is 0 Å². The standard InChI is InChI=1S/C17H16FNO2/c1-19(14-7-4-6-13(18)10-14)11-15(20)17-9-12-5-2-3-8-16(12)21-17/h2-10,15,20H,11H2,1H3. The Hall–Kier alpha value is -2.33. The van der Waals surface area contributed by atoms with Gasteiger partial charge in [-0.15, -0.1) is 0 Å². The van der Waals surface area contributed by atoms with Gasteiger partial charge in [-0.1, -0.05) is 24.3 Å². The molecule has 0 saturated carbocycles. The second-order valence-corrected chi connectivity index (χ2v) is 5.06. The molecule has 2 aromatic carbocycles. The molecule has 0 spiro atoms. The van der Waals surface area contributed by atoms with E-state index in [4.69, 9.17) is 4.42 Å². The molecule has 3 aromatic rings. The molecule has 0 aliphatic rings. The zero-order chi connectivity index (χ0) is 14.8. The van der Waals surface area contributed by atoms with Crippen LogP contribution in [0.15, 0.2) is 59.0 Å². The van der Waals surface area contributed by atoms with Gasteiger partial charge in [-0.25, -0.2) is 4.39 Å². The summed E-state index contributed by atoms with van der Waals surface area (Å²) in [6.07, 6.45) is -0.773. The first kappa shape index (κ1) is 13.6. The van der Waals surface area contributed by atoms with E-state index < -0.39 is 6.10 Å².